The molecule has 0 bridgehead atoms. The maximum absolute atomic E-state index is 4.44. The van der Waals surface area contributed by atoms with E-state index in [1.54, 1.807) is 0 Å². The molecule has 0 aliphatic heterocycles. The van der Waals surface area contributed by atoms with Crippen LogP contribution in [0.2, 0.25) is 0 Å². The maximum atomic E-state index is 4.44. The van der Waals surface area contributed by atoms with E-state index in [4.69, 9.17) is 0 Å². The number of nitrogens with zero attached hydrogens (tertiary/aromatic N) is 2. The standard InChI is InChI=1S/C10H20N2/c1-7(2)11-9(5)10(6)12-8(3)4/h9-10H,1-6H3. The third-order valence-corrected chi connectivity index (χ3v) is 1.62. The zero-order valence-corrected chi connectivity index (χ0v) is 9.05. The minimum absolute atomic E-state index is 0.296. The smallest absolute Gasteiger partial charge is 0.0691 e. The largest absolute Gasteiger partial charge is 0.289 e. The number of aliphatic imine (C=N–C) groups is 2. The number of hydrogen-bond acceptors (Lipinski definition) is 2. The first-order valence-corrected chi connectivity index (χ1v) is 4.45. The van der Waals surface area contributed by atoms with Gasteiger partial charge in [-0.1, -0.05) is 0 Å². The molecule has 0 radical (unpaired) electrons. The van der Waals surface area contributed by atoms with E-state index in [0.717, 1.165) is 11.4 Å². The molecule has 0 heterocycles. The summed E-state index contributed by atoms with van der Waals surface area (Å²) in [6, 6.07) is 0.592. The molecule has 2 unspecified atom stereocenters. The summed E-state index contributed by atoms with van der Waals surface area (Å²) in [5.41, 5.74) is 2.25. The fourth-order valence-electron chi connectivity index (χ4n) is 1.03. The Morgan fingerprint density at radius 3 is 1.17 bits per heavy atom. The van der Waals surface area contributed by atoms with Crippen LogP contribution in [0.15, 0.2) is 9.98 Å². The van der Waals surface area contributed by atoms with Gasteiger partial charge in [-0.15, -0.1) is 0 Å². The molecule has 0 saturated carbocycles. The van der Waals surface area contributed by atoms with E-state index in [9.17, 15) is 0 Å². The van der Waals surface area contributed by atoms with Crippen molar-refractivity contribution < 1.29 is 0 Å². The van der Waals surface area contributed by atoms with Crippen molar-refractivity contribution >= 4 is 11.4 Å². The molecule has 2 heteroatoms. The summed E-state index contributed by atoms with van der Waals surface area (Å²) in [7, 11) is 0. The second kappa shape index (κ2) is 5.07. The van der Waals surface area contributed by atoms with Gasteiger partial charge in [0.25, 0.3) is 0 Å². The topological polar surface area (TPSA) is 24.7 Å². The molecule has 0 N–H and O–H groups in total. The van der Waals surface area contributed by atoms with Crippen LogP contribution in [0, 0.1) is 0 Å². The Hall–Kier alpha value is -0.660. The highest BCUT2D eigenvalue weighted by Gasteiger charge is 2.07. The van der Waals surface area contributed by atoms with Crippen LogP contribution in [0.4, 0.5) is 0 Å². The second-order valence-electron chi connectivity index (χ2n) is 3.63. The Bertz CT molecular complexity index is 162. The quantitative estimate of drug-likeness (QED) is 0.579. The van der Waals surface area contributed by atoms with Crippen molar-refractivity contribution in [2.75, 3.05) is 0 Å². The van der Waals surface area contributed by atoms with E-state index < -0.39 is 0 Å². The second-order valence-corrected chi connectivity index (χ2v) is 3.63. The Labute approximate surface area is 75.8 Å². The lowest BCUT2D eigenvalue weighted by Crippen LogP contribution is -2.17. The molecular weight excluding hydrogens is 148 g/mol. The first-order valence-electron chi connectivity index (χ1n) is 4.45. The summed E-state index contributed by atoms with van der Waals surface area (Å²) in [5.74, 6) is 0. The van der Waals surface area contributed by atoms with E-state index in [-0.39, 0.29) is 0 Å². The molecule has 0 aliphatic rings. The molecule has 0 aromatic rings. The highest BCUT2D eigenvalue weighted by atomic mass is 14.9. The van der Waals surface area contributed by atoms with Gasteiger partial charge in [0.2, 0.25) is 0 Å². The highest BCUT2D eigenvalue weighted by Crippen LogP contribution is 2.03. The van der Waals surface area contributed by atoms with Gasteiger partial charge < -0.3 is 0 Å². The molecule has 0 saturated heterocycles. The Morgan fingerprint density at radius 2 is 1.00 bits per heavy atom. The molecule has 70 valence electrons. The molecule has 2 atom stereocenters. The predicted molar refractivity (Wildman–Crippen MR) is 56.5 cm³/mol. The monoisotopic (exact) mass is 168 g/mol. The highest BCUT2D eigenvalue weighted by molar-refractivity contribution is 5.80. The summed E-state index contributed by atoms with van der Waals surface area (Å²) in [4.78, 5) is 8.88. The maximum Gasteiger partial charge on any atom is 0.0691 e. The molecule has 0 aromatic heterocycles. The molecule has 2 nitrogen and oxygen atoms in total. The molecule has 0 rings (SSSR count). The van der Waals surface area contributed by atoms with Gasteiger partial charge in [-0.3, -0.25) is 9.98 Å². The molecule has 0 aliphatic carbocycles. The molecule has 0 aromatic carbocycles. The van der Waals surface area contributed by atoms with E-state index in [1.807, 2.05) is 27.7 Å². The van der Waals surface area contributed by atoms with Crippen LogP contribution in [0.1, 0.15) is 41.5 Å². The van der Waals surface area contributed by atoms with Crippen molar-refractivity contribution in [2.24, 2.45) is 9.98 Å². The number of hydrogen-bond donors (Lipinski definition) is 0. The van der Waals surface area contributed by atoms with Crippen LogP contribution < -0.4 is 0 Å². The zero-order chi connectivity index (χ0) is 9.72. The zero-order valence-electron chi connectivity index (χ0n) is 9.05. The Balaban J connectivity index is 4.20. The van der Waals surface area contributed by atoms with E-state index in [0.29, 0.717) is 12.1 Å². The van der Waals surface area contributed by atoms with Gasteiger partial charge in [0.1, 0.15) is 0 Å². The Kier molecular flexibility index (Phi) is 4.79. The van der Waals surface area contributed by atoms with Crippen LogP contribution in [-0.4, -0.2) is 23.5 Å². The molecule has 0 spiro atoms. The van der Waals surface area contributed by atoms with Crippen molar-refractivity contribution in [2.45, 2.75) is 53.6 Å². The summed E-state index contributed by atoms with van der Waals surface area (Å²) in [5, 5.41) is 0. The normalized spacial score (nSPS) is 14.8. The van der Waals surface area contributed by atoms with Crippen LogP contribution >= 0.6 is 0 Å². The van der Waals surface area contributed by atoms with E-state index in [1.165, 1.54) is 0 Å². The van der Waals surface area contributed by atoms with E-state index in [2.05, 4.69) is 23.8 Å². The van der Waals surface area contributed by atoms with Gasteiger partial charge in [0.05, 0.1) is 12.1 Å². The van der Waals surface area contributed by atoms with Gasteiger partial charge >= 0.3 is 0 Å². The number of rotatable bonds is 3. The molecular formula is C10H20N2. The average molecular weight is 168 g/mol. The van der Waals surface area contributed by atoms with Crippen LogP contribution in [-0.2, 0) is 0 Å². The summed E-state index contributed by atoms with van der Waals surface area (Å²) >= 11 is 0. The first-order chi connectivity index (χ1) is 5.43. The van der Waals surface area contributed by atoms with Gasteiger partial charge in [-0.2, -0.15) is 0 Å². The van der Waals surface area contributed by atoms with Crippen LogP contribution in [0.5, 0.6) is 0 Å². The van der Waals surface area contributed by atoms with Gasteiger partial charge in [0, 0.05) is 11.4 Å². The van der Waals surface area contributed by atoms with Gasteiger partial charge in [-0.05, 0) is 41.5 Å². The molecule has 12 heavy (non-hydrogen) atoms. The van der Waals surface area contributed by atoms with Crippen molar-refractivity contribution in [1.29, 1.82) is 0 Å². The minimum Gasteiger partial charge on any atom is -0.289 e. The van der Waals surface area contributed by atoms with Gasteiger partial charge in [0.15, 0.2) is 0 Å². The molecule has 0 fully saturated rings. The lowest BCUT2D eigenvalue weighted by molar-refractivity contribution is 0.607. The predicted octanol–water partition coefficient (Wildman–Crippen LogP) is 2.73. The van der Waals surface area contributed by atoms with Crippen molar-refractivity contribution in [3.8, 4) is 0 Å². The third-order valence-electron chi connectivity index (χ3n) is 1.62. The fourth-order valence-corrected chi connectivity index (χ4v) is 1.03. The minimum atomic E-state index is 0.296. The van der Waals surface area contributed by atoms with Crippen molar-refractivity contribution in [3.63, 3.8) is 0 Å². The van der Waals surface area contributed by atoms with Crippen LogP contribution in [0.25, 0.3) is 0 Å². The lowest BCUT2D eigenvalue weighted by Gasteiger charge is -2.12. The third kappa shape index (κ3) is 5.05. The Morgan fingerprint density at radius 1 is 0.750 bits per heavy atom. The summed E-state index contributed by atoms with van der Waals surface area (Å²) < 4.78 is 0. The summed E-state index contributed by atoms with van der Waals surface area (Å²) in [6.07, 6.45) is 0. The summed E-state index contributed by atoms with van der Waals surface area (Å²) in [6.45, 7) is 12.3. The van der Waals surface area contributed by atoms with Crippen molar-refractivity contribution in [1.82, 2.24) is 0 Å². The fraction of sp³-hybridized carbons (Fsp3) is 0.800. The van der Waals surface area contributed by atoms with Crippen LogP contribution in [0.3, 0.4) is 0 Å². The average Bonchev–Trinajstić information content (AvgIpc) is 1.84. The first kappa shape index (κ1) is 11.3. The SMILES string of the molecule is CC(C)=NC(C)C(C)N=C(C)C. The van der Waals surface area contributed by atoms with Gasteiger partial charge in [-0.25, -0.2) is 0 Å². The van der Waals surface area contributed by atoms with Crippen molar-refractivity contribution in [3.05, 3.63) is 0 Å². The van der Waals surface area contributed by atoms with E-state index >= 15 is 0 Å². The molecule has 0 amide bonds. The lowest BCUT2D eigenvalue weighted by atomic mass is 10.2.